The Balaban J connectivity index is 1.62. The zero-order valence-electron chi connectivity index (χ0n) is 10.1. The Morgan fingerprint density at radius 3 is 2.94 bits per heavy atom. The molecule has 1 unspecified atom stereocenters. The van der Waals surface area contributed by atoms with Crippen LogP contribution in [0.3, 0.4) is 0 Å². The van der Waals surface area contributed by atoms with Crippen molar-refractivity contribution < 1.29 is 0 Å². The molecule has 0 bridgehead atoms. The standard InChI is InChI=1S/C14H21N2/c1-16-11-5-8-14(16)9-10-15-12-13-6-3-2-4-7-13/h3-4,6-7,14-15H,5,8-12H2,1H3. The fourth-order valence-electron chi connectivity index (χ4n) is 2.38. The number of nitrogens with zero attached hydrogens (tertiary/aromatic N) is 1. The van der Waals surface area contributed by atoms with Gasteiger partial charge in [0.25, 0.3) is 0 Å². The summed E-state index contributed by atoms with van der Waals surface area (Å²) in [6.45, 7) is 3.37. The highest BCUT2D eigenvalue weighted by molar-refractivity contribution is 5.13. The van der Waals surface area contributed by atoms with Crippen LogP contribution < -0.4 is 5.32 Å². The van der Waals surface area contributed by atoms with Gasteiger partial charge < -0.3 is 10.2 Å². The quantitative estimate of drug-likeness (QED) is 0.760. The van der Waals surface area contributed by atoms with Gasteiger partial charge in [-0.2, -0.15) is 0 Å². The first-order chi connectivity index (χ1) is 7.86. The van der Waals surface area contributed by atoms with E-state index in [9.17, 15) is 0 Å². The van der Waals surface area contributed by atoms with Gasteiger partial charge >= 0.3 is 0 Å². The third kappa shape index (κ3) is 3.32. The van der Waals surface area contributed by atoms with E-state index in [0.717, 1.165) is 19.1 Å². The maximum absolute atomic E-state index is 3.51. The minimum atomic E-state index is 0.802. The molecule has 0 aliphatic carbocycles. The summed E-state index contributed by atoms with van der Waals surface area (Å²) in [6, 6.07) is 12.0. The van der Waals surface area contributed by atoms with Crippen LogP contribution in [0.25, 0.3) is 0 Å². The molecule has 1 aliphatic heterocycles. The Kier molecular flexibility index (Phi) is 4.37. The van der Waals surface area contributed by atoms with Crippen LogP contribution in [0.1, 0.15) is 24.8 Å². The summed E-state index contributed by atoms with van der Waals surface area (Å²) in [5, 5.41) is 3.51. The van der Waals surface area contributed by atoms with Gasteiger partial charge in [0.15, 0.2) is 0 Å². The molecule has 1 aromatic rings. The number of likely N-dealkylation sites (tertiary alicyclic amines) is 1. The number of hydrogen-bond donors (Lipinski definition) is 1. The first-order valence-corrected chi connectivity index (χ1v) is 6.22. The zero-order valence-corrected chi connectivity index (χ0v) is 10.1. The SMILES string of the molecule is CN1CCCC1CCNCc1cc[c]cc1. The van der Waals surface area contributed by atoms with Gasteiger partial charge in [0.05, 0.1) is 0 Å². The minimum Gasteiger partial charge on any atom is -0.313 e. The molecule has 0 amide bonds. The summed E-state index contributed by atoms with van der Waals surface area (Å²) < 4.78 is 0. The maximum Gasteiger partial charge on any atom is 0.0205 e. The van der Waals surface area contributed by atoms with Crippen molar-refractivity contribution in [1.29, 1.82) is 0 Å². The lowest BCUT2D eigenvalue weighted by molar-refractivity contribution is 0.293. The molecule has 1 atom stereocenters. The van der Waals surface area contributed by atoms with Crippen molar-refractivity contribution in [3.63, 3.8) is 0 Å². The van der Waals surface area contributed by atoms with Crippen LogP contribution >= 0.6 is 0 Å². The molecule has 0 spiro atoms. The van der Waals surface area contributed by atoms with E-state index in [-0.39, 0.29) is 0 Å². The lowest BCUT2D eigenvalue weighted by Crippen LogP contribution is -2.28. The highest BCUT2D eigenvalue weighted by Gasteiger charge is 2.19. The van der Waals surface area contributed by atoms with Crippen molar-refractivity contribution in [2.24, 2.45) is 0 Å². The Morgan fingerprint density at radius 1 is 1.44 bits per heavy atom. The highest BCUT2D eigenvalue weighted by atomic mass is 15.1. The molecular weight excluding hydrogens is 196 g/mol. The molecule has 0 saturated carbocycles. The molecular formula is C14H21N2. The Labute approximate surface area is 98.7 Å². The average Bonchev–Trinajstić information content (AvgIpc) is 2.72. The molecule has 1 radical (unpaired) electrons. The summed E-state index contributed by atoms with van der Waals surface area (Å²) in [5.74, 6) is 0. The van der Waals surface area contributed by atoms with E-state index in [1.54, 1.807) is 0 Å². The normalized spacial score (nSPS) is 21.4. The third-order valence-corrected chi connectivity index (χ3v) is 3.44. The van der Waals surface area contributed by atoms with Crippen LogP contribution in [0, 0.1) is 6.07 Å². The second kappa shape index (κ2) is 6.02. The van der Waals surface area contributed by atoms with E-state index < -0.39 is 0 Å². The van der Waals surface area contributed by atoms with Crippen molar-refractivity contribution >= 4 is 0 Å². The highest BCUT2D eigenvalue weighted by Crippen LogP contribution is 2.16. The van der Waals surface area contributed by atoms with Crippen LogP contribution in [0.15, 0.2) is 24.3 Å². The van der Waals surface area contributed by atoms with Gasteiger partial charge in [-0.1, -0.05) is 24.3 Å². The van der Waals surface area contributed by atoms with Crippen LogP contribution in [0.4, 0.5) is 0 Å². The number of benzene rings is 1. The summed E-state index contributed by atoms with van der Waals surface area (Å²) in [6.07, 6.45) is 4.02. The predicted octanol–water partition coefficient (Wildman–Crippen LogP) is 2.06. The molecule has 2 nitrogen and oxygen atoms in total. The van der Waals surface area contributed by atoms with Crippen molar-refractivity contribution in [1.82, 2.24) is 10.2 Å². The molecule has 1 aromatic carbocycles. The van der Waals surface area contributed by atoms with E-state index in [4.69, 9.17) is 0 Å². The number of rotatable bonds is 5. The van der Waals surface area contributed by atoms with Crippen molar-refractivity contribution in [2.45, 2.75) is 31.8 Å². The maximum atomic E-state index is 3.51. The first kappa shape index (κ1) is 11.6. The Bertz CT molecular complexity index is 297. The molecule has 87 valence electrons. The lowest BCUT2D eigenvalue weighted by atomic mass is 10.1. The monoisotopic (exact) mass is 217 g/mol. The Hall–Kier alpha value is -0.860. The van der Waals surface area contributed by atoms with Gasteiger partial charge in [-0.15, -0.1) is 0 Å². The van der Waals surface area contributed by atoms with Gasteiger partial charge in [-0.3, -0.25) is 0 Å². The van der Waals surface area contributed by atoms with E-state index in [1.807, 2.05) is 12.1 Å². The summed E-state index contributed by atoms with van der Waals surface area (Å²) in [5.41, 5.74) is 1.35. The largest absolute Gasteiger partial charge is 0.313 e. The van der Waals surface area contributed by atoms with E-state index in [2.05, 4.69) is 35.5 Å². The molecule has 1 saturated heterocycles. The van der Waals surface area contributed by atoms with Gasteiger partial charge in [0.1, 0.15) is 0 Å². The van der Waals surface area contributed by atoms with Gasteiger partial charge in [0.2, 0.25) is 0 Å². The molecule has 1 heterocycles. The van der Waals surface area contributed by atoms with Gasteiger partial charge in [-0.25, -0.2) is 0 Å². The first-order valence-electron chi connectivity index (χ1n) is 6.22. The summed E-state index contributed by atoms with van der Waals surface area (Å²) in [7, 11) is 2.24. The smallest absolute Gasteiger partial charge is 0.0205 e. The summed E-state index contributed by atoms with van der Waals surface area (Å²) >= 11 is 0. The average molecular weight is 217 g/mol. The van der Waals surface area contributed by atoms with E-state index >= 15 is 0 Å². The van der Waals surface area contributed by atoms with Crippen LogP contribution in [0.5, 0.6) is 0 Å². The lowest BCUT2D eigenvalue weighted by Gasteiger charge is -2.19. The van der Waals surface area contributed by atoms with E-state index in [0.29, 0.717) is 0 Å². The summed E-state index contributed by atoms with van der Waals surface area (Å²) in [4.78, 5) is 2.49. The molecule has 1 aliphatic rings. The molecule has 0 aromatic heterocycles. The Morgan fingerprint density at radius 2 is 2.25 bits per heavy atom. The van der Waals surface area contributed by atoms with Crippen molar-refractivity contribution in [2.75, 3.05) is 20.1 Å². The third-order valence-electron chi connectivity index (χ3n) is 3.44. The van der Waals surface area contributed by atoms with Crippen LogP contribution in [-0.2, 0) is 6.54 Å². The molecule has 2 rings (SSSR count). The van der Waals surface area contributed by atoms with Crippen LogP contribution in [0.2, 0.25) is 0 Å². The molecule has 2 heteroatoms. The van der Waals surface area contributed by atoms with Crippen molar-refractivity contribution in [3.8, 4) is 0 Å². The fourth-order valence-corrected chi connectivity index (χ4v) is 2.38. The van der Waals surface area contributed by atoms with Gasteiger partial charge in [0, 0.05) is 12.6 Å². The topological polar surface area (TPSA) is 15.3 Å². The van der Waals surface area contributed by atoms with Gasteiger partial charge in [-0.05, 0) is 51.0 Å². The molecule has 1 fully saturated rings. The van der Waals surface area contributed by atoms with Crippen LogP contribution in [-0.4, -0.2) is 31.1 Å². The molecule has 1 N–H and O–H groups in total. The van der Waals surface area contributed by atoms with E-state index in [1.165, 1.54) is 31.4 Å². The van der Waals surface area contributed by atoms with Crippen molar-refractivity contribution in [3.05, 3.63) is 35.9 Å². The zero-order chi connectivity index (χ0) is 11.2. The number of hydrogen-bond acceptors (Lipinski definition) is 2. The second-order valence-electron chi connectivity index (χ2n) is 4.65. The minimum absolute atomic E-state index is 0.802. The second-order valence-corrected chi connectivity index (χ2v) is 4.65. The number of nitrogens with one attached hydrogen (secondary N) is 1. The fraction of sp³-hybridized carbons (Fsp3) is 0.571. The molecule has 16 heavy (non-hydrogen) atoms. The predicted molar refractivity (Wildman–Crippen MR) is 67.3 cm³/mol.